The summed E-state index contributed by atoms with van der Waals surface area (Å²) in [6, 6.07) is 23.9. The van der Waals surface area contributed by atoms with Gasteiger partial charge in [-0.05, 0) is 42.5 Å². The second-order valence-corrected chi connectivity index (χ2v) is 23.7. The number of ether oxygens (including phenoxy) is 4. The summed E-state index contributed by atoms with van der Waals surface area (Å²) in [6.45, 7) is 0. The molecule has 2 aliphatic rings. The van der Waals surface area contributed by atoms with Crippen molar-refractivity contribution in [2.45, 2.75) is 27.3 Å². The number of hydrogen-bond donors (Lipinski definition) is 6. The monoisotopic (exact) mass is 1270 g/mol. The van der Waals surface area contributed by atoms with Crippen LogP contribution in [0.5, 0.6) is 23.0 Å². The number of benzene rings is 6. The number of alkyl halides is 4. The van der Waals surface area contributed by atoms with Crippen LogP contribution in [0.4, 0.5) is 52.2 Å². The molecule has 11 aromatic rings. The predicted octanol–water partition coefficient (Wildman–Crippen LogP) is 12.9. The number of hydrogen-bond acceptors (Lipinski definition) is 13. The van der Waals surface area contributed by atoms with E-state index in [1.165, 1.54) is 42.9 Å². The highest BCUT2D eigenvalue weighted by Gasteiger charge is 2.45. The molecule has 0 spiro atoms. The molecular formula is C53H29Cl2F8N9O10S3. The minimum atomic E-state index is -4.27. The normalized spacial score (nSPS) is 13.9. The molecule has 0 unspecified atom stereocenters. The van der Waals surface area contributed by atoms with Crippen LogP contribution in [0, 0.1) is 34.6 Å². The largest absolute Gasteiger partial charge is 0.586 e. The SMILES string of the molecule is N#Cc1ccc2c(S(=O)(=O)Nc3cc4c(cc3F)OC(F)(F)O4)c[nH]c2c1.O=S(=O)(Nc1cc(F)c(Cl)cc1F)c1c[nH]c2c(-c3cccnc3)c(Cl)ccc12.O=S(=O)(Nc1cc2c(cc1F)OC(F)(F)O2)c1c[nH]c2c1ccc1cccnc12. The van der Waals surface area contributed by atoms with Crippen molar-refractivity contribution in [1.29, 1.82) is 5.26 Å². The Balaban J connectivity index is 0.000000133. The van der Waals surface area contributed by atoms with Crippen molar-refractivity contribution >= 4 is 114 Å². The van der Waals surface area contributed by atoms with Gasteiger partial charge in [0.2, 0.25) is 0 Å². The number of nitriles is 1. The Labute approximate surface area is 481 Å². The van der Waals surface area contributed by atoms with Crippen LogP contribution < -0.4 is 33.1 Å². The van der Waals surface area contributed by atoms with Crippen LogP contribution in [0.2, 0.25) is 10.0 Å². The Bertz CT molecular complexity index is 4960. The standard InChI is InChI=1S/C19H11Cl2F2N3O2S.C18H10F3N3O4S.C16H8F3N3O4S/c20-12-4-3-11-17(9-25-19(11)18(12)10-2-1-5-24-8-10)29(27,28)26-16-7-14(22)13(21)6-15(16)23;19-11-6-13-14(28-18(20,21)27-13)7-12(11)24-29(25,26)15-8-23-17-10(15)4-3-9-2-1-5-22-16(9)17;17-10-4-13-14(26-16(18,19)25-13)5-12(10)22-27(23,24)15-7-21-11-3-8(6-20)1-2-9(11)15/h1-9,25-26H;1-8,23-24H;1-5,7,21-22H. The van der Waals surface area contributed by atoms with Crippen molar-refractivity contribution in [3.8, 4) is 40.2 Å². The maximum Gasteiger partial charge on any atom is 0.586 e. The topological polar surface area (TPSA) is 272 Å². The van der Waals surface area contributed by atoms with Gasteiger partial charge in [-0.15, -0.1) is 17.6 Å². The molecule has 7 heterocycles. The van der Waals surface area contributed by atoms with Crippen LogP contribution in [0.1, 0.15) is 5.56 Å². The van der Waals surface area contributed by atoms with Crippen LogP contribution in [-0.4, -0.2) is 62.8 Å². The van der Waals surface area contributed by atoms with Gasteiger partial charge in [-0.1, -0.05) is 53.5 Å². The maximum atomic E-state index is 14.3. The fraction of sp³-hybridized carbons (Fsp3) is 0.0377. The molecule has 434 valence electrons. The fourth-order valence-corrected chi connectivity index (χ4v) is 12.9. The number of nitrogens with one attached hydrogen (secondary N) is 6. The molecule has 5 aromatic heterocycles. The second kappa shape index (κ2) is 21.3. The first-order valence-corrected chi connectivity index (χ1v) is 28.9. The lowest BCUT2D eigenvalue weighted by Crippen LogP contribution is -2.26. The van der Waals surface area contributed by atoms with Gasteiger partial charge in [0.05, 0.1) is 55.3 Å². The molecule has 0 saturated carbocycles. The second-order valence-electron chi connectivity index (χ2n) is 17.9. The number of nitrogens with zero attached hydrogens (tertiary/aromatic N) is 3. The van der Waals surface area contributed by atoms with E-state index in [9.17, 15) is 60.4 Å². The lowest BCUT2D eigenvalue weighted by Gasteiger charge is -2.10. The zero-order chi connectivity index (χ0) is 60.5. The van der Waals surface area contributed by atoms with Crippen molar-refractivity contribution in [2.24, 2.45) is 0 Å². The summed E-state index contributed by atoms with van der Waals surface area (Å²) in [7, 11) is -12.8. The summed E-state index contributed by atoms with van der Waals surface area (Å²) < 4.78 is 208. The van der Waals surface area contributed by atoms with E-state index in [4.69, 9.17) is 28.5 Å². The number of aromatic nitrogens is 5. The Kier molecular flexibility index (Phi) is 14.3. The molecule has 6 aromatic carbocycles. The highest BCUT2D eigenvalue weighted by atomic mass is 35.5. The molecular weight excluding hydrogens is 1240 g/mol. The van der Waals surface area contributed by atoms with E-state index in [-0.39, 0.29) is 20.1 Å². The average Bonchev–Trinajstić information content (AvgIpc) is 2.90. The quantitative estimate of drug-likeness (QED) is 0.0550. The number of H-pyrrole nitrogens is 3. The molecule has 0 fully saturated rings. The highest BCUT2D eigenvalue weighted by Crippen LogP contribution is 2.46. The summed E-state index contributed by atoms with van der Waals surface area (Å²) >= 11 is 11.8. The van der Waals surface area contributed by atoms with Crippen LogP contribution in [0.15, 0.2) is 155 Å². The number of pyridine rings is 2. The Hall–Kier alpha value is -9.54. The summed E-state index contributed by atoms with van der Waals surface area (Å²) in [6.07, 6.45) is 0.553. The van der Waals surface area contributed by atoms with Gasteiger partial charge in [0.15, 0.2) is 34.6 Å². The first-order chi connectivity index (χ1) is 40.2. The summed E-state index contributed by atoms with van der Waals surface area (Å²) in [5.74, 6) is -6.23. The van der Waals surface area contributed by atoms with Gasteiger partial charge in [0.25, 0.3) is 30.1 Å². The van der Waals surface area contributed by atoms with Gasteiger partial charge in [0.1, 0.15) is 26.3 Å². The molecule has 19 nitrogen and oxygen atoms in total. The molecule has 6 N–H and O–H groups in total. The molecule has 32 heteroatoms. The number of fused-ring (bicyclic) bond motifs is 7. The Morgan fingerprint density at radius 2 is 1.02 bits per heavy atom. The van der Waals surface area contributed by atoms with Gasteiger partial charge >= 0.3 is 12.6 Å². The minimum Gasteiger partial charge on any atom is -0.395 e. The fourth-order valence-electron chi connectivity index (χ4n) is 8.79. The number of aromatic amines is 3. The maximum absolute atomic E-state index is 14.3. The summed E-state index contributed by atoms with van der Waals surface area (Å²) in [5.41, 5.74) is 1.81. The van der Waals surface area contributed by atoms with Crippen molar-refractivity contribution in [1.82, 2.24) is 24.9 Å². The van der Waals surface area contributed by atoms with Crippen LogP contribution in [0.3, 0.4) is 0 Å². The Morgan fingerprint density at radius 1 is 0.529 bits per heavy atom. The zero-order valence-corrected chi connectivity index (χ0v) is 45.7. The van der Waals surface area contributed by atoms with E-state index in [0.717, 1.165) is 17.5 Å². The third-order valence-electron chi connectivity index (χ3n) is 12.5. The zero-order valence-electron chi connectivity index (χ0n) is 41.7. The molecule has 13 rings (SSSR count). The predicted molar refractivity (Wildman–Crippen MR) is 292 cm³/mol. The average molecular weight is 1270 g/mol. The lowest BCUT2D eigenvalue weighted by atomic mass is 10.0. The van der Waals surface area contributed by atoms with Crippen molar-refractivity contribution in [3.63, 3.8) is 0 Å². The highest BCUT2D eigenvalue weighted by molar-refractivity contribution is 7.93. The third-order valence-corrected chi connectivity index (χ3v) is 17.3. The van der Waals surface area contributed by atoms with E-state index in [1.54, 1.807) is 55.0 Å². The van der Waals surface area contributed by atoms with Gasteiger partial charge in [-0.3, -0.25) is 24.1 Å². The smallest absolute Gasteiger partial charge is 0.395 e. The van der Waals surface area contributed by atoms with Gasteiger partial charge < -0.3 is 33.9 Å². The first-order valence-electron chi connectivity index (χ1n) is 23.7. The Morgan fingerprint density at radius 3 is 1.60 bits per heavy atom. The number of sulfonamides is 3. The van der Waals surface area contributed by atoms with Crippen LogP contribution in [-0.2, 0) is 30.1 Å². The molecule has 0 radical (unpaired) electrons. The summed E-state index contributed by atoms with van der Waals surface area (Å²) in [4.78, 5) is 16.3. The van der Waals surface area contributed by atoms with E-state index in [2.05, 4.69) is 53.3 Å². The van der Waals surface area contributed by atoms with E-state index < -0.39 is 111 Å². The minimum absolute atomic E-state index is 0.149. The summed E-state index contributed by atoms with van der Waals surface area (Å²) in [5, 5.41) is 10.6. The molecule has 0 amide bonds. The number of halogens is 10. The van der Waals surface area contributed by atoms with Crippen molar-refractivity contribution in [2.75, 3.05) is 14.2 Å². The number of rotatable bonds is 10. The molecule has 2 aliphatic heterocycles. The number of anilines is 3. The van der Waals surface area contributed by atoms with E-state index >= 15 is 0 Å². The van der Waals surface area contributed by atoms with E-state index in [1.807, 2.05) is 16.9 Å². The van der Waals surface area contributed by atoms with E-state index in [0.29, 0.717) is 78.8 Å². The third kappa shape index (κ3) is 11.2. The van der Waals surface area contributed by atoms with Gasteiger partial charge in [-0.25, -0.2) is 42.8 Å². The molecule has 0 atom stereocenters. The molecule has 0 bridgehead atoms. The first kappa shape index (κ1) is 57.3. The van der Waals surface area contributed by atoms with Crippen molar-refractivity contribution < 1.29 is 79.3 Å². The van der Waals surface area contributed by atoms with Gasteiger partial charge in [0, 0.05) is 106 Å². The molecule has 0 saturated heterocycles. The lowest BCUT2D eigenvalue weighted by molar-refractivity contribution is -0.287. The molecule has 85 heavy (non-hydrogen) atoms. The van der Waals surface area contributed by atoms with Crippen molar-refractivity contribution in [3.05, 3.63) is 179 Å². The van der Waals surface area contributed by atoms with Crippen LogP contribution >= 0.6 is 23.2 Å². The van der Waals surface area contributed by atoms with Gasteiger partial charge in [-0.2, -0.15) is 5.26 Å². The van der Waals surface area contributed by atoms with Crippen LogP contribution in [0.25, 0.3) is 54.7 Å². The molecule has 0 aliphatic carbocycles.